The molecule has 26 heavy (non-hydrogen) atoms. The van der Waals surface area contributed by atoms with Gasteiger partial charge in [0.2, 0.25) is 5.91 Å². The summed E-state index contributed by atoms with van der Waals surface area (Å²) in [6, 6.07) is 11.7. The summed E-state index contributed by atoms with van der Waals surface area (Å²) in [7, 11) is 0. The van der Waals surface area contributed by atoms with Gasteiger partial charge in [-0.1, -0.05) is 43.7 Å². The zero-order chi connectivity index (χ0) is 17.9. The second-order valence-corrected chi connectivity index (χ2v) is 8.42. The molecular weight excluding hydrogens is 322 g/mol. The highest BCUT2D eigenvalue weighted by atomic mass is 16.2. The molecule has 4 rings (SSSR count). The average molecular weight is 356 g/mol. The lowest BCUT2D eigenvalue weighted by molar-refractivity contribution is -0.139. The third-order valence-corrected chi connectivity index (χ3v) is 6.63. The number of fused-ring (bicyclic) bond motifs is 2. The zero-order valence-corrected chi connectivity index (χ0v) is 16.1. The van der Waals surface area contributed by atoms with E-state index >= 15 is 0 Å². The Morgan fingerprint density at radius 1 is 1.08 bits per heavy atom. The van der Waals surface area contributed by atoms with Crippen molar-refractivity contribution in [3.05, 3.63) is 35.9 Å². The van der Waals surface area contributed by atoms with E-state index in [9.17, 15) is 4.79 Å². The van der Waals surface area contributed by atoms with Crippen LogP contribution in [0.4, 0.5) is 0 Å². The van der Waals surface area contributed by atoms with Crippen molar-refractivity contribution in [3.63, 3.8) is 0 Å². The fraction of sp³-hybridized carbons (Fsp3) is 0.682. The highest BCUT2D eigenvalue weighted by Gasteiger charge is 2.46. The molecule has 1 amide bonds. The van der Waals surface area contributed by atoms with Crippen LogP contribution in [-0.4, -0.2) is 65.4 Å². The maximum atomic E-state index is 13.1. The molecule has 0 spiro atoms. The molecule has 3 heterocycles. The number of amides is 1. The van der Waals surface area contributed by atoms with Crippen LogP contribution in [0.5, 0.6) is 0 Å². The monoisotopic (exact) mass is 355 g/mol. The van der Waals surface area contributed by atoms with Crippen molar-refractivity contribution in [2.24, 2.45) is 5.92 Å². The third kappa shape index (κ3) is 3.81. The van der Waals surface area contributed by atoms with Crippen LogP contribution in [0.2, 0.25) is 0 Å². The molecule has 0 aliphatic carbocycles. The van der Waals surface area contributed by atoms with Gasteiger partial charge in [0.05, 0.1) is 0 Å². The summed E-state index contributed by atoms with van der Waals surface area (Å²) in [4.78, 5) is 20.4. The smallest absolute Gasteiger partial charge is 0.226 e. The molecule has 0 radical (unpaired) electrons. The average Bonchev–Trinajstić information content (AvgIpc) is 3.27. The molecule has 2 atom stereocenters. The molecule has 0 aromatic heterocycles. The van der Waals surface area contributed by atoms with Gasteiger partial charge in [-0.3, -0.25) is 9.69 Å². The molecule has 4 nitrogen and oxygen atoms in total. The van der Waals surface area contributed by atoms with Gasteiger partial charge in [-0.2, -0.15) is 0 Å². The number of unbranched alkanes of at least 4 members (excludes halogenated alkanes) is 1. The fourth-order valence-corrected chi connectivity index (χ4v) is 5.05. The molecular formula is C22H33N3O. The first-order valence-corrected chi connectivity index (χ1v) is 10.6. The van der Waals surface area contributed by atoms with E-state index in [1.165, 1.54) is 31.4 Å². The molecule has 3 aliphatic rings. The highest BCUT2D eigenvalue weighted by Crippen LogP contribution is 2.34. The van der Waals surface area contributed by atoms with Crippen LogP contribution in [-0.2, 0) is 11.3 Å². The first-order valence-electron chi connectivity index (χ1n) is 10.6. The fourth-order valence-electron chi connectivity index (χ4n) is 5.05. The van der Waals surface area contributed by atoms with Gasteiger partial charge in [0.25, 0.3) is 0 Å². The molecule has 3 aliphatic heterocycles. The highest BCUT2D eigenvalue weighted by molar-refractivity contribution is 5.80. The van der Waals surface area contributed by atoms with Crippen molar-refractivity contribution in [1.29, 1.82) is 0 Å². The topological polar surface area (TPSA) is 26.8 Å². The minimum Gasteiger partial charge on any atom is -0.337 e. The Labute approximate surface area is 158 Å². The lowest BCUT2D eigenvalue weighted by Gasteiger charge is -2.38. The maximum Gasteiger partial charge on any atom is 0.226 e. The van der Waals surface area contributed by atoms with Crippen molar-refractivity contribution in [1.82, 2.24) is 14.7 Å². The predicted molar refractivity (Wildman–Crippen MR) is 105 cm³/mol. The number of carbonyl (C=O) groups is 1. The van der Waals surface area contributed by atoms with Crippen LogP contribution >= 0.6 is 0 Å². The van der Waals surface area contributed by atoms with E-state index in [2.05, 4.69) is 52.0 Å². The summed E-state index contributed by atoms with van der Waals surface area (Å²) in [5, 5.41) is 0. The van der Waals surface area contributed by atoms with E-state index < -0.39 is 0 Å². The van der Waals surface area contributed by atoms with Crippen LogP contribution in [0.1, 0.15) is 44.6 Å². The Balaban J connectivity index is 1.27. The largest absolute Gasteiger partial charge is 0.337 e. The molecule has 2 unspecified atom stereocenters. The Morgan fingerprint density at radius 2 is 1.85 bits per heavy atom. The first-order chi connectivity index (χ1) is 12.7. The van der Waals surface area contributed by atoms with Gasteiger partial charge in [-0.25, -0.2) is 0 Å². The van der Waals surface area contributed by atoms with Crippen molar-refractivity contribution in [2.45, 2.75) is 57.7 Å². The molecule has 1 aromatic carbocycles. The lowest BCUT2D eigenvalue weighted by atomic mass is 9.94. The van der Waals surface area contributed by atoms with Crippen LogP contribution < -0.4 is 0 Å². The number of hydrogen-bond donors (Lipinski definition) is 0. The quantitative estimate of drug-likeness (QED) is 0.785. The number of hydrogen-bond acceptors (Lipinski definition) is 3. The number of nitrogens with zero attached hydrogens (tertiary/aromatic N) is 3. The van der Waals surface area contributed by atoms with Crippen molar-refractivity contribution in [2.75, 3.05) is 32.7 Å². The Morgan fingerprint density at radius 3 is 2.50 bits per heavy atom. The van der Waals surface area contributed by atoms with Crippen LogP contribution in [0, 0.1) is 5.92 Å². The summed E-state index contributed by atoms with van der Waals surface area (Å²) >= 11 is 0. The Kier molecular flexibility index (Phi) is 5.60. The molecule has 1 aromatic rings. The van der Waals surface area contributed by atoms with Gasteiger partial charge in [-0.15, -0.1) is 0 Å². The summed E-state index contributed by atoms with van der Waals surface area (Å²) in [6.45, 7) is 8.71. The number of piperidine rings is 1. The normalized spacial score (nSPS) is 27.3. The van der Waals surface area contributed by atoms with Crippen LogP contribution in [0.15, 0.2) is 30.3 Å². The molecule has 2 bridgehead atoms. The number of carbonyl (C=O) groups excluding carboxylic acids is 1. The molecule has 4 heteroatoms. The minimum atomic E-state index is 0.273. The van der Waals surface area contributed by atoms with E-state index in [1.54, 1.807) is 0 Å². The molecule has 3 fully saturated rings. The van der Waals surface area contributed by atoms with Crippen LogP contribution in [0.25, 0.3) is 0 Å². The number of rotatable bonds is 6. The van der Waals surface area contributed by atoms with E-state index in [0.717, 1.165) is 45.6 Å². The molecule has 3 saturated heterocycles. The van der Waals surface area contributed by atoms with E-state index in [4.69, 9.17) is 0 Å². The minimum absolute atomic E-state index is 0.273. The standard InChI is InChI=1S/C22H33N3O/c1-2-3-11-23-12-9-19(10-13-23)22(26)25-17-20-14-21(25)16-24(20)15-18-7-5-4-6-8-18/h4-8,19-21H,2-3,9-17H2,1H3. The zero-order valence-electron chi connectivity index (χ0n) is 16.1. The predicted octanol–water partition coefficient (Wildman–Crippen LogP) is 2.98. The molecule has 142 valence electrons. The third-order valence-electron chi connectivity index (χ3n) is 6.63. The second-order valence-electron chi connectivity index (χ2n) is 8.42. The number of likely N-dealkylation sites (tertiary alicyclic amines) is 3. The molecule has 0 saturated carbocycles. The summed E-state index contributed by atoms with van der Waals surface area (Å²) < 4.78 is 0. The summed E-state index contributed by atoms with van der Waals surface area (Å²) in [5.41, 5.74) is 1.39. The van der Waals surface area contributed by atoms with Gasteiger partial charge in [0.1, 0.15) is 0 Å². The SMILES string of the molecule is CCCCN1CCC(C(=O)N2CC3CC2CN3Cc2ccccc2)CC1. The van der Waals surface area contributed by atoms with Gasteiger partial charge in [-0.05, 0) is 50.9 Å². The Hall–Kier alpha value is -1.39. The number of piperazine rings is 1. The van der Waals surface area contributed by atoms with E-state index in [0.29, 0.717) is 18.0 Å². The van der Waals surface area contributed by atoms with Gasteiger partial charge in [0, 0.05) is 37.6 Å². The van der Waals surface area contributed by atoms with Gasteiger partial charge in [0.15, 0.2) is 0 Å². The van der Waals surface area contributed by atoms with Gasteiger partial charge >= 0.3 is 0 Å². The van der Waals surface area contributed by atoms with Crippen LogP contribution in [0.3, 0.4) is 0 Å². The van der Waals surface area contributed by atoms with Crippen molar-refractivity contribution < 1.29 is 4.79 Å². The van der Waals surface area contributed by atoms with Gasteiger partial charge < -0.3 is 9.80 Å². The first kappa shape index (κ1) is 18.0. The molecule has 0 N–H and O–H groups in total. The van der Waals surface area contributed by atoms with E-state index in [1.807, 2.05) is 0 Å². The summed E-state index contributed by atoms with van der Waals surface area (Å²) in [5.74, 6) is 0.724. The number of benzene rings is 1. The summed E-state index contributed by atoms with van der Waals surface area (Å²) in [6.07, 6.45) is 5.84. The Bertz CT molecular complexity index is 597. The van der Waals surface area contributed by atoms with Crippen molar-refractivity contribution >= 4 is 5.91 Å². The van der Waals surface area contributed by atoms with E-state index in [-0.39, 0.29) is 5.92 Å². The maximum absolute atomic E-state index is 13.1. The second kappa shape index (κ2) is 8.10. The van der Waals surface area contributed by atoms with Crippen molar-refractivity contribution in [3.8, 4) is 0 Å². The lowest BCUT2D eigenvalue weighted by Crippen LogP contribution is -2.51.